The maximum Gasteiger partial charge on any atom is 0.408 e. The monoisotopic (exact) mass is 904 g/mol. The summed E-state index contributed by atoms with van der Waals surface area (Å²) < 4.78 is 11.4. The van der Waals surface area contributed by atoms with Crippen LogP contribution < -0.4 is 31.3 Å². The van der Waals surface area contributed by atoms with Gasteiger partial charge in [-0.05, 0) is 105 Å². The Hall–Kier alpha value is -5.08. The Morgan fingerprint density at radius 2 is 1.23 bits per heavy atom. The zero-order chi connectivity index (χ0) is 47.4. The van der Waals surface area contributed by atoms with Crippen molar-refractivity contribution in [3.8, 4) is 5.75 Å². The molecule has 6 N–H and O–H groups in total. The Balaban J connectivity index is 1.86. The number of ether oxygens (including phenoxy) is 2. The Labute approximate surface area is 385 Å². The second-order valence-electron chi connectivity index (χ2n) is 18.5. The molecule has 5 amide bonds. The van der Waals surface area contributed by atoms with Gasteiger partial charge in [0.05, 0.1) is 12.1 Å². The quantitative estimate of drug-likeness (QED) is 0.0524. The van der Waals surface area contributed by atoms with Crippen LogP contribution in [0.4, 0.5) is 4.79 Å². The average Bonchev–Trinajstić information content (AvgIpc) is 3.24. The third kappa shape index (κ3) is 19.3. The molecular weight excluding hydrogens is 831 g/mol. The van der Waals surface area contributed by atoms with E-state index in [-0.39, 0.29) is 36.5 Å². The van der Waals surface area contributed by atoms with Crippen molar-refractivity contribution in [2.75, 3.05) is 12.0 Å². The summed E-state index contributed by atoms with van der Waals surface area (Å²) in [6.45, 7) is 17.1. The molecule has 0 aliphatic heterocycles. The number of nitrogens with one attached hydrogen (secondary N) is 5. The summed E-state index contributed by atoms with van der Waals surface area (Å²) in [5.41, 5.74) is 2.00. The maximum absolute atomic E-state index is 14.4. The van der Waals surface area contributed by atoms with Crippen LogP contribution in [0.2, 0.25) is 0 Å². The second-order valence-corrected chi connectivity index (χ2v) is 19.5. The molecule has 0 fully saturated rings. The predicted molar refractivity (Wildman–Crippen MR) is 254 cm³/mol. The van der Waals surface area contributed by atoms with Crippen LogP contribution in [0, 0.1) is 23.7 Å². The highest BCUT2D eigenvalue weighted by atomic mass is 32.2. The molecule has 0 bridgehead atoms. The standard InChI is InChI=1S/C50H73N5O8S/c1-32(2)27-41(53-46(58)40(25-26-64-10)52-48(60)44(34(5)6)55-49(61)63-50(7,8)9)42(56)29-38(28-35-21-23-39(24-22-35)62-31-37-19-15-12-16-20-37)45(57)54-43(33(3)4)47(59)51-30-36-17-13-11-14-18-36/h11-24,32-34,38,40-44,56H,25-31H2,1-10H3,(H,51,59)(H,52,60)(H,53,58)(H,54,57)(H,55,61)/t38-,40+,41+,42+,43+,44+/m1/s1. The molecule has 0 aliphatic carbocycles. The van der Waals surface area contributed by atoms with Gasteiger partial charge in [-0.25, -0.2) is 4.79 Å². The van der Waals surface area contributed by atoms with Gasteiger partial charge in [-0.1, -0.05) is 114 Å². The van der Waals surface area contributed by atoms with Crippen LogP contribution >= 0.6 is 11.8 Å². The van der Waals surface area contributed by atoms with Crippen molar-refractivity contribution in [1.82, 2.24) is 26.6 Å². The molecule has 0 aromatic heterocycles. The number of hydrogen-bond donors (Lipinski definition) is 6. The molecular formula is C50H73N5O8S. The van der Waals surface area contributed by atoms with Gasteiger partial charge < -0.3 is 41.2 Å². The molecule has 0 saturated carbocycles. The summed E-state index contributed by atoms with van der Waals surface area (Å²) in [7, 11) is 0. The Kier molecular flexibility index (Phi) is 22.2. The first-order chi connectivity index (χ1) is 30.3. The highest BCUT2D eigenvalue weighted by molar-refractivity contribution is 7.98. The number of thioether (sulfide) groups is 1. The molecule has 0 heterocycles. The highest BCUT2D eigenvalue weighted by Crippen LogP contribution is 2.23. The lowest BCUT2D eigenvalue weighted by Gasteiger charge is -2.31. The van der Waals surface area contributed by atoms with Crippen molar-refractivity contribution < 1.29 is 38.6 Å². The van der Waals surface area contributed by atoms with E-state index < -0.39 is 65.6 Å². The smallest absolute Gasteiger partial charge is 0.408 e. The van der Waals surface area contributed by atoms with Gasteiger partial charge in [0.25, 0.3) is 0 Å². The highest BCUT2D eigenvalue weighted by Gasteiger charge is 2.35. The number of rotatable bonds is 25. The van der Waals surface area contributed by atoms with Gasteiger partial charge in [-0.2, -0.15) is 11.8 Å². The molecule has 64 heavy (non-hydrogen) atoms. The summed E-state index contributed by atoms with van der Waals surface area (Å²) in [5.74, 6) is -1.89. The van der Waals surface area contributed by atoms with Crippen LogP contribution in [-0.2, 0) is 43.5 Å². The van der Waals surface area contributed by atoms with E-state index in [1.165, 1.54) is 11.8 Å². The summed E-state index contributed by atoms with van der Waals surface area (Å²) in [4.78, 5) is 68.4. The number of alkyl carbamates (subject to hydrolysis) is 1. The summed E-state index contributed by atoms with van der Waals surface area (Å²) in [6, 6.07) is 23.2. The number of carbonyl (C=O) groups is 5. The van der Waals surface area contributed by atoms with E-state index in [0.717, 1.165) is 16.7 Å². The molecule has 14 heteroatoms. The zero-order valence-electron chi connectivity index (χ0n) is 39.4. The van der Waals surface area contributed by atoms with Gasteiger partial charge in [0, 0.05) is 12.5 Å². The fourth-order valence-electron chi connectivity index (χ4n) is 7.03. The maximum atomic E-state index is 14.4. The molecule has 3 aromatic carbocycles. The summed E-state index contributed by atoms with van der Waals surface area (Å²) in [5, 5.41) is 26.5. The van der Waals surface area contributed by atoms with Crippen molar-refractivity contribution in [2.24, 2.45) is 23.7 Å². The number of hydrogen-bond acceptors (Lipinski definition) is 9. The van der Waals surface area contributed by atoms with E-state index in [9.17, 15) is 29.1 Å². The molecule has 0 aliphatic rings. The number of carbonyl (C=O) groups excluding carboxylic acids is 5. The molecule has 3 aromatic rings. The molecule has 0 spiro atoms. The number of aliphatic hydroxyl groups excluding tert-OH is 1. The molecule has 0 unspecified atom stereocenters. The van der Waals surface area contributed by atoms with E-state index in [4.69, 9.17) is 9.47 Å². The lowest BCUT2D eigenvalue weighted by molar-refractivity contribution is -0.133. The van der Waals surface area contributed by atoms with Gasteiger partial charge in [0.15, 0.2) is 0 Å². The average molecular weight is 904 g/mol. The minimum atomic E-state index is -1.19. The number of benzene rings is 3. The largest absolute Gasteiger partial charge is 0.489 e. The van der Waals surface area contributed by atoms with Crippen LogP contribution in [0.5, 0.6) is 5.75 Å². The first kappa shape index (κ1) is 53.3. The molecule has 352 valence electrons. The zero-order valence-corrected chi connectivity index (χ0v) is 40.3. The van der Waals surface area contributed by atoms with Crippen LogP contribution in [0.15, 0.2) is 84.9 Å². The van der Waals surface area contributed by atoms with Crippen LogP contribution in [-0.4, -0.2) is 82.7 Å². The second kappa shape index (κ2) is 26.6. The SMILES string of the molecule is CSCC[C@H](NC(=O)[C@@H](NC(=O)OC(C)(C)C)C(C)C)C(=O)N[C@@H](CC(C)C)[C@@H](O)C[C@@H](Cc1ccc(OCc2ccccc2)cc1)C(=O)N[C@H](C(=O)NCc1ccccc1)C(C)C. The number of amides is 5. The summed E-state index contributed by atoms with van der Waals surface area (Å²) in [6.07, 6.45) is 0.829. The van der Waals surface area contributed by atoms with Crippen molar-refractivity contribution in [3.63, 3.8) is 0 Å². The Morgan fingerprint density at radius 1 is 0.656 bits per heavy atom. The third-order valence-electron chi connectivity index (χ3n) is 10.5. The Morgan fingerprint density at radius 3 is 1.78 bits per heavy atom. The fourth-order valence-corrected chi connectivity index (χ4v) is 7.50. The predicted octanol–water partition coefficient (Wildman–Crippen LogP) is 6.95. The normalized spacial score (nSPS) is 14.4. The third-order valence-corrected chi connectivity index (χ3v) is 11.1. The molecule has 0 radical (unpaired) electrons. The minimum absolute atomic E-state index is 0.0384. The van der Waals surface area contributed by atoms with Gasteiger partial charge in [0.2, 0.25) is 23.6 Å². The Bertz CT molecular complexity index is 1890. The van der Waals surface area contributed by atoms with E-state index in [0.29, 0.717) is 37.5 Å². The first-order valence-corrected chi connectivity index (χ1v) is 23.8. The molecule has 0 saturated heterocycles. The van der Waals surface area contributed by atoms with E-state index >= 15 is 0 Å². The molecule has 13 nitrogen and oxygen atoms in total. The van der Waals surface area contributed by atoms with E-state index in [2.05, 4.69) is 26.6 Å². The first-order valence-electron chi connectivity index (χ1n) is 22.4. The van der Waals surface area contributed by atoms with Crippen molar-refractivity contribution in [2.45, 2.75) is 137 Å². The van der Waals surface area contributed by atoms with Crippen LogP contribution in [0.1, 0.15) is 98.3 Å². The van der Waals surface area contributed by atoms with E-state index in [1.54, 1.807) is 34.6 Å². The molecule has 3 rings (SSSR count). The van der Waals surface area contributed by atoms with E-state index in [1.807, 2.05) is 119 Å². The van der Waals surface area contributed by atoms with Crippen molar-refractivity contribution in [1.29, 1.82) is 0 Å². The number of aliphatic hydroxyl groups is 1. The van der Waals surface area contributed by atoms with Crippen molar-refractivity contribution in [3.05, 3.63) is 102 Å². The van der Waals surface area contributed by atoms with Gasteiger partial charge >= 0.3 is 6.09 Å². The van der Waals surface area contributed by atoms with Crippen LogP contribution in [0.3, 0.4) is 0 Å². The lowest BCUT2D eigenvalue weighted by Crippen LogP contribution is -2.58. The van der Waals surface area contributed by atoms with Gasteiger partial charge in [0.1, 0.15) is 36.1 Å². The minimum Gasteiger partial charge on any atom is -0.489 e. The topological polar surface area (TPSA) is 184 Å². The molecule has 6 atom stereocenters. The summed E-state index contributed by atoms with van der Waals surface area (Å²) >= 11 is 1.52. The van der Waals surface area contributed by atoms with Gasteiger partial charge in [-0.15, -0.1) is 0 Å². The van der Waals surface area contributed by atoms with Crippen LogP contribution in [0.25, 0.3) is 0 Å². The van der Waals surface area contributed by atoms with Gasteiger partial charge in [-0.3, -0.25) is 19.2 Å². The fraction of sp³-hybridized carbons (Fsp3) is 0.540. The van der Waals surface area contributed by atoms with Crippen molar-refractivity contribution >= 4 is 41.5 Å². The lowest BCUT2D eigenvalue weighted by atomic mass is 9.87.